The molecule has 0 saturated carbocycles. The average molecular weight is 358 g/mol. The van der Waals surface area contributed by atoms with E-state index in [0.29, 0.717) is 31.9 Å². The quantitative estimate of drug-likeness (QED) is 0.773. The van der Waals surface area contributed by atoms with E-state index in [9.17, 15) is 18.0 Å². The number of halogens is 3. The van der Waals surface area contributed by atoms with Gasteiger partial charge < -0.3 is 14.5 Å². The Kier molecular flexibility index (Phi) is 4.08. The molecule has 1 aromatic rings. The Morgan fingerprint density at radius 2 is 1.76 bits per heavy atom. The third-order valence-electron chi connectivity index (χ3n) is 4.40. The first-order chi connectivity index (χ1) is 11.5. The Morgan fingerprint density at radius 3 is 2.28 bits per heavy atom. The van der Waals surface area contributed by atoms with Crippen LogP contribution >= 0.6 is 0 Å². The number of nitrogens with zero attached hydrogens (tertiary/aromatic N) is 4. The van der Waals surface area contributed by atoms with Crippen LogP contribution in [0.15, 0.2) is 12.4 Å². The van der Waals surface area contributed by atoms with Gasteiger partial charge in [0.2, 0.25) is 5.82 Å². The number of likely N-dealkylation sites (tertiary alicyclic amines) is 1. The zero-order chi connectivity index (χ0) is 18.5. The van der Waals surface area contributed by atoms with Crippen molar-refractivity contribution in [3.8, 4) is 0 Å². The molecular formula is C16H21F3N4O2. The number of aromatic nitrogens is 2. The molecule has 2 aliphatic rings. The summed E-state index contributed by atoms with van der Waals surface area (Å²) in [5, 5.41) is 0. The number of alkyl halides is 3. The first kappa shape index (κ1) is 17.8. The summed E-state index contributed by atoms with van der Waals surface area (Å²) in [6.45, 7) is 8.04. The average Bonchev–Trinajstić information content (AvgIpc) is 2.89. The highest BCUT2D eigenvalue weighted by Gasteiger charge is 2.49. The molecule has 0 unspecified atom stereocenters. The maximum absolute atomic E-state index is 12.5. The van der Waals surface area contributed by atoms with Crippen molar-refractivity contribution >= 4 is 11.8 Å². The molecule has 25 heavy (non-hydrogen) atoms. The molecule has 0 aromatic carbocycles. The van der Waals surface area contributed by atoms with Crippen molar-refractivity contribution < 1.29 is 22.7 Å². The Balaban J connectivity index is 1.56. The predicted molar refractivity (Wildman–Crippen MR) is 84.1 cm³/mol. The molecule has 0 aliphatic carbocycles. The fraction of sp³-hybridized carbons (Fsp3) is 0.688. The first-order valence-corrected chi connectivity index (χ1v) is 8.10. The van der Waals surface area contributed by atoms with Gasteiger partial charge in [0, 0.05) is 31.6 Å². The van der Waals surface area contributed by atoms with E-state index >= 15 is 0 Å². The number of hydrogen-bond donors (Lipinski definition) is 0. The van der Waals surface area contributed by atoms with E-state index in [4.69, 9.17) is 4.74 Å². The summed E-state index contributed by atoms with van der Waals surface area (Å²) >= 11 is 0. The SMILES string of the molecule is CC(C)(C)OC(=O)N1CCC2(C1)CN(c1cnc(C(F)(F)F)nc1)C2. The fourth-order valence-electron chi connectivity index (χ4n) is 3.25. The third-order valence-corrected chi connectivity index (χ3v) is 4.40. The summed E-state index contributed by atoms with van der Waals surface area (Å²) in [6.07, 6.45) is -1.61. The van der Waals surface area contributed by atoms with Crippen LogP contribution in [0.1, 0.15) is 33.0 Å². The highest BCUT2D eigenvalue weighted by molar-refractivity contribution is 5.69. The number of carbonyl (C=O) groups excluding carboxylic acids is 1. The van der Waals surface area contributed by atoms with E-state index in [-0.39, 0.29) is 11.5 Å². The maximum Gasteiger partial charge on any atom is 0.451 e. The lowest BCUT2D eigenvalue weighted by atomic mass is 9.79. The number of ether oxygens (including phenoxy) is 1. The lowest BCUT2D eigenvalue weighted by Gasteiger charge is -2.49. The monoisotopic (exact) mass is 358 g/mol. The van der Waals surface area contributed by atoms with Crippen LogP contribution < -0.4 is 4.90 Å². The maximum atomic E-state index is 12.5. The second-order valence-electron chi connectivity index (χ2n) is 7.77. The van der Waals surface area contributed by atoms with Gasteiger partial charge in [0.1, 0.15) is 5.60 Å². The van der Waals surface area contributed by atoms with E-state index in [1.165, 1.54) is 12.4 Å². The van der Waals surface area contributed by atoms with E-state index in [1.807, 2.05) is 25.7 Å². The van der Waals surface area contributed by atoms with Crippen molar-refractivity contribution in [3.05, 3.63) is 18.2 Å². The van der Waals surface area contributed by atoms with Crippen LogP contribution in [0.4, 0.5) is 23.7 Å². The van der Waals surface area contributed by atoms with Crippen LogP contribution in [0.5, 0.6) is 0 Å². The Morgan fingerprint density at radius 1 is 1.16 bits per heavy atom. The van der Waals surface area contributed by atoms with Gasteiger partial charge in [0.15, 0.2) is 0 Å². The van der Waals surface area contributed by atoms with Gasteiger partial charge in [-0.25, -0.2) is 14.8 Å². The van der Waals surface area contributed by atoms with Gasteiger partial charge in [0.05, 0.1) is 18.1 Å². The topological polar surface area (TPSA) is 58.6 Å². The molecule has 3 rings (SSSR count). The molecule has 0 bridgehead atoms. The molecule has 2 fully saturated rings. The molecule has 1 amide bonds. The summed E-state index contributed by atoms with van der Waals surface area (Å²) in [5.74, 6) is -1.14. The number of hydrogen-bond acceptors (Lipinski definition) is 5. The second-order valence-corrected chi connectivity index (χ2v) is 7.77. The van der Waals surface area contributed by atoms with Crippen LogP contribution in [0.3, 0.4) is 0 Å². The standard InChI is InChI=1S/C16H21F3N4O2/c1-14(2,3)25-13(24)22-5-4-15(8-22)9-23(10-15)11-6-20-12(21-7-11)16(17,18)19/h6-7H,4-5,8-10H2,1-3H3. The molecule has 0 N–H and O–H groups in total. The predicted octanol–water partition coefficient (Wildman–Crippen LogP) is 2.94. The molecule has 138 valence electrons. The Hall–Kier alpha value is -2.06. The zero-order valence-electron chi connectivity index (χ0n) is 14.4. The highest BCUT2D eigenvalue weighted by atomic mass is 19.4. The number of amides is 1. The van der Waals surface area contributed by atoms with E-state index in [0.717, 1.165) is 6.42 Å². The van der Waals surface area contributed by atoms with Gasteiger partial charge in [-0.2, -0.15) is 13.2 Å². The minimum atomic E-state index is -4.53. The molecule has 3 heterocycles. The summed E-state index contributed by atoms with van der Waals surface area (Å²) in [6, 6.07) is 0. The van der Waals surface area contributed by atoms with Crippen LogP contribution in [-0.4, -0.2) is 52.7 Å². The lowest BCUT2D eigenvalue weighted by molar-refractivity contribution is -0.145. The van der Waals surface area contributed by atoms with Crippen molar-refractivity contribution in [3.63, 3.8) is 0 Å². The zero-order valence-corrected chi connectivity index (χ0v) is 14.4. The molecule has 2 aliphatic heterocycles. The fourth-order valence-corrected chi connectivity index (χ4v) is 3.25. The number of rotatable bonds is 1. The summed E-state index contributed by atoms with van der Waals surface area (Å²) in [4.78, 5) is 22.5. The van der Waals surface area contributed by atoms with Gasteiger partial charge in [0.25, 0.3) is 0 Å². The lowest BCUT2D eigenvalue weighted by Crippen LogP contribution is -2.58. The van der Waals surface area contributed by atoms with Gasteiger partial charge in [-0.3, -0.25) is 0 Å². The van der Waals surface area contributed by atoms with Crippen LogP contribution in [0, 0.1) is 5.41 Å². The van der Waals surface area contributed by atoms with Crippen molar-refractivity contribution in [1.82, 2.24) is 14.9 Å². The normalized spacial score (nSPS) is 19.9. The van der Waals surface area contributed by atoms with Crippen molar-refractivity contribution in [1.29, 1.82) is 0 Å². The molecule has 9 heteroatoms. The first-order valence-electron chi connectivity index (χ1n) is 8.10. The third kappa shape index (κ3) is 3.80. The largest absolute Gasteiger partial charge is 0.451 e. The molecule has 0 atom stereocenters. The Labute approximate surface area is 144 Å². The van der Waals surface area contributed by atoms with Crippen LogP contribution in [0.2, 0.25) is 0 Å². The summed E-state index contributed by atoms with van der Waals surface area (Å²) in [5.41, 5.74) is 0.00434. The van der Waals surface area contributed by atoms with Gasteiger partial charge in [-0.15, -0.1) is 0 Å². The smallest absolute Gasteiger partial charge is 0.444 e. The molecule has 2 saturated heterocycles. The number of carbonyl (C=O) groups is 1. The van der Waals surface area contributed by atoms with Crippen molar-refractivity contribution in [2.75, 3.05) is 31.1 Å². The van der Waals surface area contributed by atoms with E-state index < -0.39 is 17.6 Å². The van der Waals surface area contributed by atoms with E-state index in [2.05, 4.69) is 9.97 Å². The molecule has 1 aromatic heterocycles. The Bertz CT molecular complexity index is 649. The minimum absolute atomic E-state index is 0.0282. The molecule has 6 nitrogen and oxygen atoms in total. The van der Waals surface area contributed by atoms with Crippen LogP contribution in [-0.2, 0) is 10.9 Å². The highest BCUT2D eigenvalue weighted by Crippen LogP contribution is 2.42. The van der Waals surface area contributed by atoms with E-state index in [1.54, 1.807) is 4.90 Å². The van der Waals surface area contributed by atoms with Gasteiger partial charge in [-0.05, 0) is 27.2 Å². The molecule has 1 spiro atoms. The van der Waals surface area contributed by atoms with Crippen molar-refractivity contribution in [2.45, 2.75) is 39.0 Å². The number of anilines is 1. The molecular weight excluding hydrogens is 337 g/mol. The summed E-state index contributed by atoms with van der Waals surface area (Å²) in [7, 11) is 0. The summed E-state index contributed by atoms with van der Waals surface area (Å²) < 4.78 is 42.9. The van der Waals surface area contributed by atoms with Crippen molar-refractivity contribution in [2.24, 2.45) is 5.41 Å². The molecule has 0 radical (unpaired) electrons. The minimum Gasteiger partial charge on any atom is -0.444 e. The van der Waals surface area contributed by atoms with Crippen LogP contribution in [0.25, 0.3) is 0 Å². The van der Waals surface area contributed by atoms with Gasteiger partial charge >= 0.3 is 12.3 Å². The second kappa shape index (κ2) is 5.74. The van der Waals surface area contributed by atoms with Gasteiger partial charge in [-0.1, -0.05) is 0 Å².